The molecule has 2 amide bonds. The van der Waals surface area contributed by atoms with Gasteiger partial charge in [-0.15, -0.1) is 0 Å². The number of carbonyl (C=O) groups excluding carboxylic acids is 2. The molecule has 0 spiro atoms. The van der Waals surface area contributed by atoms with Crippen molar-refractivity contribution in [3.63, 3.8) is 0 Å². The van der Waals surface area contributed by atoms with E-state index in [0.29, 0.717) is 43.4 Å². The van der Waals surface area contributed by atoms with E-state index in [1.807, 2.05) is 16.7 Å². The van der Waals surface area contributed by atoms with E-state index in [1.165, 1.54) is 0 Å². The molecule has 138 valence electrons. The molecule has 5 rings (SSSR count). The van der Waals surface area contributed by atoms with Gasteiger partial charge in [-0.1, -0.05) is 0 Å². The zero-order valence-corrected chi connectivity index (χ0v) is 15.1. The Balaban J connectivity index is 1.63. The van der Waals surface area contributed by atoms with Gasteiger partial charge >= 0.3 is 0 Å². The first-order chi connectivity index (χ1) is 12.6. The molecule has 3 saturated heterocycles. The summed E-state index contributed by atoms with van der Waals surface area (Å²) in [6.45, 7) is 3.94. The molecule has 8 nitrogen and oxygen atoms in total. The van der Waals surface area contributed by atoms with Crippen molar-refractivity contribution in [3.05, 3.63) is 29.8 Å². The van der Waals surface area contributed by atoms with E-state index in [4.69, 9.17) is 4.74 Å². The number of amides is 2. The van der Waals surface area contributed by atoms with Crippen molar-refractivity contribution in [2.24, 2.45) is 5.92 Å². The predicted molar refractivity (Wildman–Crippen MR) is 93.7 cm³/mol. The third-order valence-electron chi connectivity index (χ3n) is 5.40. The van der Waals surface area contributed by atoms with Gasteiger partial charge in [-0.25, -0.2) is 9.97 Å². The van der Waals surface area contributed by atoms with Crippen LogP contribution < -0.4 is 0 Å². The minimum Gasteiger partial charge on any atom is -0.383 e. The zero-order chi connectivity index (χ0) is 18.3. The molecule has 2 atom stereocenters. The maximum atomic E-state index is 13.3. The van der Waals surface area contributed by atoms with Crippen LogP contribution in [0.2, 0.25) is 0 Å². The highest BCUT2D eigenvalue weighted by atomic mass is 16.5. The van der Waals surface area contributed by atoms with Crippen LogP contribution >= 0.6 is 0 Å². The Morgan fingerprint density at radius 1 is 1.35 bits per heavy atom. The highest BCUT2D eigenvalue weighted by molar-refractivity contribution is 5.95. The Labute approximate surface area is 151 Å². The second-order valence-corrected chi connectivity index (χ2v) is 7.00. The number of piperidine rings is 1. The fourth-order valence-electron chi connectivity index (χ4n) is 4.09. The van der Waals surface area contributed by atoms with Crippen LogP contribution in [0.4, 0.5) is 0 Å². The van der Waals surface area contributed by atoms with Crippen molar-refractivity contribution >= 4 is 17.6 Å². The molecule has 2 aromatic rings. The number of nitrogens with zero attached hydrogens (tertiary/aromatic N) is 5. The van der Waals surface area contributed by atoms with E-state index in [0.717, 1.165) is 12.8 Å². The van der Waals surface area contributed by atoms with Crippen LogP contribution in [0.25, 0.3) is 5.78 Å². The van der Waals surface area contributed by atoms with Gasteiger partial charge in [0, 0.05) is 45.2 Å². The summed E-state index contributed by atoms with van der Waals surface area (Å²) in [4.78, 5) is 38.3. The average molecular weight is 357 g/mol. The average Bonchev–Trinajstić information content (AvgIpc) is 2.77. The molecule has 3 aliphatic heterocycles. The molecule has 0 aliphatic carbocycles. The number of aryl methyl sites for hydroxylation is 1. The lowest BCUT2D eigenvalue weighted by Gasteiger charge is -2.35. The summed E-state index contributed by atoms with van der Waals surface area (Å²) >= 11 is 0. The molecule has 2 bridgehead atoms. The van der Waals surface area contributed by atoms with Crippen molar-refractivity contribution in [1.29, 1.82) is 0 Å². The minimum atomic E-state index is -0.132. The zero-order valence-electron chi connectivity index (χ0n) is 15.1. The summed E-state index contributed by atoms with van der Waals surface area (Å²) in [6.07, 6.45) is 5.23. The van der Waals surface area contributed by atoms with Crippen molar-refractivity contribution < 1.29 is 14.3 Å². The quantitative estimate of drug-likeness (QED) is 0.807. The summed E-state index contributed by atoms with van der Waals surface area (Å²) in [6, 6.07) is 1.84. The predicted octanol–water partition coefficient (Wildman–Crippen LogP) is 0.747. The van der Waals surface area contributed by atoms with Gasteiger partial charge in [-0.3, -0.25) is 14.0 Å². The van der Waals surface area contributed by atoms with Gasteiger partial charge in [-0.05, 0) is 25.8 Å². The lowest BCUT2D eigenvalue weighted by atomic mass is 9.94. The van der Waals surface area contributed by atoms with Crippen molar-refractivity contribution in [2.45, 2.75) is 25.8 Å². The molecule has 2 aromatic heterocycles. The minimum absolute atomic E-state index is 0.0537. The molecule has 3 aliphatic rings. The van der Waals surface area contributed by atoms with E-state index in [-0.39, 0.29) is 23.8 Å². The third kappa shape index (κ3) is 2.74. The number of fused-ring (bicyclic) bond motifs is 5. The van der Waals surface area contributed by atoms with Crippen molar-refractivity contribution in [2.75, 3.05) is 33.4 Å². The SMILES string of the molecule is COCCN1C(=O)C2CCC1CN(C(=O)c1c(C)nc3ncccn13)C2. The summed E-state index contributed by atoms with van der Waals surface area (Å²) < 4.78 is 6.88. The van der Waals surface area contributed by atoms with Gasteiger partial charge in [-0.2, -0.15) is 0 Å². The fourth-order valence-corrected chi connectivity index (χ4v) is 4.09. The molecule has 0 aromatic carbocycles. The van der Waals surface area contributed by atoms with E-state index >= 15 is 0 Å². The lowest BCUT2D eigenvalue weighted by molar-refractivity contribution is -0.140. The molecule has 0 N–H and O–H groups in total. The molecule has 2 unspecified atom stereocenters. The highest BCUT2D eigenvalue weighted by Crippen LogP contribution is 2.30. The van der Waals surface area contributed by atoms with Crippen LogP contribution in [0, 0.1) is 12.8 Å². The van der Waals surface area contributed by atoms with Crippen LogP contribution in [0.5, 0.6) is 0 Å². The van der Waals surface area contributed by atoms with Crippen LogP contribution in [0.3, 0.4) is 0 Å². The smallest absolute Gasteiger partial charge is 0.272 e. The molecular formula is C18H23N5O3. The molecule has 26 heavy (non-hydrogen) atoms. The lowest BCUT2D eigenvalue weighted by Crippen LogP contribution is -2.49. The molecular weight excluding hydrogens is 334 g/mol. The summed E-state index contributed by atoms with van der Waals surface area (Å²) in [5, 5.41) is 0. The number of imidazole rings is 1. The Morgan fingerprint density at radius 2 is 2.19 bits per heavy atom. The van der Waals surface area contributed by atoms with E-state index in [1.54, 1.807) is 30.0 Å². The van der Waals surface area contributed by atoms with Crippen LogP contribution in [-0.2, 0) is 9.53 Å². The highest BCUT2D eigenvalue weighted by Gasteiger charge is 2.42. The number of ether oxygens (including phenoxy) is 1. The number of aromatic nitrogens is 3. The van der Waals surface area contributed by atoms with Crippen LogP contribution in [0.1, 0.15) is 29.0 Å². The van der Waals surface area contributed by atoms with Crippen molar-refractivity contribution in [1.82, 2.24) is 24.2 Å². The monoisotopic (exact) mass is 357 g/mol. The largest absolute Gasteiger partial charge is 0.383 e. The number of methoxy groups -OCH3 is 1. The molecule has 5 heterocycles. The normalized spacial score (nSPS) is 22.9. The molecule has 0 saturated carbocycles. The number of carbonyl (C=O) groups is 2. The van der Waals surface area contributed by atoms with Crippen LogP contribution in [0.15, 0.2) is 18.5 Å². The van der Waals surface area contributed by atoms with E-state index in [9.17, 15) is 9.59 Å². The Hall–Kier alpha value is -2.48. The van der Waals surface area contributed by atoms with Crippen LogP contribution in [-0.4, -0.2) is 75.4 Å². The number of rotatable bonds is 4. The second-order valence-electron chi connectivity index (χ2n) is 7.00. The number of hydrogen-bond donors (Lipinski definition) is 0. The fraction of sp³-hybridized carbons (Fsp3) is 0.556. The van der Waals surface area contributed by atoms with Crippen molar-refractivity contribution in [3.8, 4) is 0 Å². The van der Waals surface area contributed by atoms with E-state index < -0.39 is 0 Å². The van der Waals surface area contributed by atoms with E-state index in [2.05, 4.69) is 9.97 Å². The summed E-state index contributed by atoms with van der Waals surface area (Å²) in [5.74, 6) is 0.447. The maximum absolute atomic E-state index is 13.3. The molecule has 3 fully saturated rings. The maximum Gasteiger partial charge on any atom is 0.272 e. The first-order valence-corrected chi connectivity index (χ1v) is 8.98. The van der Waals surface area contributed by atoms with Gasteiger partial charge in [0.1, 0.15) is 5.69 Å². The summed E-state index contributed by atoms with van der Waals surface area (Å²) in [5.41, 5.74) is 1.19. The van der Waals surface area contributed by atoms with Gasteiger partial charge in [0.15, 0.2) is 0 Å². The van der Waals surface area contributed by atoms with Gasteiger partial charge in [0.05, 0.1) is 18.2 Å². The first kappa shape index (κ1) is 17.0. The molecule has 0 radical (unpaired) electrons. The Morgan fingerprint density at radius 3 is 3.00 bits per heavy atom. The second kappa shape index (κ2) is 6.68. The number of hydrogen-bond acceptors (Lipinski definition) is 5. The van der Waals surface area contributed by atoms with Gasteiger partial charge in [0.2, 0.25) is 11.7 Å². The summed E-state index contributed by atoms with van der Waals surface area (Å²) in [7, 11) is 1.64. The van der Waals surface area contributed by atoms with Gasteiger partial charge in [0.25, 0.3) is 5.91 Å². The Bertz CT molecular complexity index is 848. The van der Waals surface area contributed by atoms with Gasteiger partial charge < -0.3 is 14.5 Å². The standard InChI is InChI=1S/C18H23N5O3/c1-12-15(23-7-3-6-19-18(23)20-12)17(25)21-10-13-4-5-14(11-21)22(16(13)24)8-9-26-2/h3,6-7,13-14H,4-5,8-11H2,1-2H3. The topological polar surface area (TPSA) is 80.0 Å². The Kier molecular flexibility index (Phi) is 4.36. The third-order valence-corrected chi connectivity index (χ3v) is 5.40. The molecule has 8 heteroatoms. The first-order valence-electron chi connectivity index (χ1n) is 8.98.